The van der Waals surface area contributed by atoms with Crippen molar-refractivity contribution in [1.29, 1.82) is 0 Å². The van der Waals surface area contributed by atoms with E-state index in [0.717, 1.165) is 11.3 Å². The molecule has 0 saturated heterocycles. The molecule has 0 saturated carbocycles. The number of aryl methyl sites for hydroxylation is 3. The predicted octanol–water partition coefficient (Wildman–Crippen LogP) is 1.41. The Morgan fingerprint density at radius 3 is 2.69 bits per heavy atom. The van der Waals surface area contributed by atoms with Crippen molar-refractivity contribution in [3.63, 3.8) is 0 Å². The van der Waals surface area contributed by atoms with Gasteiger partial charge in [-0.15, -0.1) is 0 Å². The van der Waals surface area contributed by atoms with Crippen LogP contribution in [0.2, 0.25) is 0 Å². The molecule has 7 nitrogen and oxygen atoms in total. The van der Waals surface area contributed by atoms with Gasteiger partial charge < -0.3 is 30.0 Å². The van der Waals surface area contributed by atoms with Crippen LogP contribution in [-0.2, 0) is 0 Å². The number of rotatable bonds is 9. The minimum absolute atomic E-state index is 0.0231. The summed E-state index contributed by atoms with van der Waals surface area (Å²) in [6.45, 7) is 6.56. The second kappa shape index (κ2) is 9.26. The van der Waals surface area contributed by atoms with Crippen LogP contribution in [0.15, 0.2) is 29.1 Å². The molecule has 1 aromatic heterocycles. The number of ether oxygens (including phenoxy) is 2. The molecule has 2 aromatic rings. The maximum absolute atomic E-state index is 12.0. The van der Waals surface area contributed by atoms with Crippen molar-refractivity contribution in [2.24, 2.45) is 0 Å². The second-order valence-corrected chi connectivity index (χ2v) is 6.22. The molecule has 0 aliphatic heterocycles. The van der Waals surface area contributed by atoms with E-state index in [2.05, 4.69) is 10.3 Å². The van der Waals surface area contributed by atoms with Crippen LogP contribution in [0, 0.1) is 20.8 Å². The highest BCUT2D eigenvalue weighted by Crippen LogP contribution is 2.17. The van der Waals surface area contributed by atoms with Crippen LogP contribution in [0.5, 0.6) is 17.2 Å². The third-order valence-electron chi connectivity index (χ3n) is 3.83. The van der Waals surface area contributed by atoms with Gasteiger partial charge in [-0.05, 0) is 38.5 Å². The molecule has 0 fully saturated rings. The fourth-order valence-electron chi connectivity index (χ4n) is 2.47. The van der Waals surface area contributed by atoms with Crippen LogP contribution < -0.4 is 20.2 Å². The number of aromatic amines is 1. The van der Waals surface area contributed by atoms with Crippen LogP contribution in [0.1, 0.15) is 17.0 Å². The molecule has 1 atom stereocenters. The van der Waals surface area contributed by atoms with Crippen molar-refractivity contribution in [1.82, 2.24) is 10.3 Å². The Balaban J connectivity index is 1.70. The molecule has 2 rings (SSSR count). The van der Waals surface area contributed by atoms with E-state index >= 15 is 0 Å². The Morgan fingerprint density at radius 2 is 1.96 bits per heavy atom. The average molecular weight is 362 g/mol. The van der Waals surface area contributed by atoms with Crippen molar-refractivity contribution >= 4 is 0 Å². The van der Waals surface area contributed by atoms with Crippen LogP contribution >= 0.6 is 0 Å². The van der Waals surface area contributed by atoms with E-state index in [-0.39, 0.29) is 18.1 Å². The number of aliphatic hydroxyl groups excluding tert-OH is 1. The first-order chi connectivity index (χ1) is 12.4. The molecule has 0 amide bonds. The lowest BCUT2D eigenvalue weighted by Gasteiger charge is -2.15. The summed E-state index contributed by atoms with van der Waals surface area (Å²) in [5, 5.41) is 22.7. The number of aromatic hydroxyl groups is 1. The summed E-state index contributed by atoms with van der Waals surface area (Å²) in [4.78, 5) is 14.8. The zero-order chi connectivity index (χ0) is 19.1. The summed E-state index contributed by atoms with van der Waals surface area (Å²) < 4.78 is 11.0. The van der Waals surface area contributed by atoms with Crippen molar-refractivity contribution < 1.29 is 19.7 Å². The first kappa shape index (κ1) is 19.8. The Bertz CT molecular complexity index is 788. The van der Waals surface area contributed by atoms with Gasteiger partial charge in [0.1, 0.15) is 25.1 Å². The van der Waals surface area contributed by atoms with E-state index in [1.165, 1.54) is 0 Å². The van der Waals surface area contributed by atoms with E-state index in [1.807, 2.05) is 31.2 Å². The molecule has 1 heterocycles. The predicted molar refractivity (Wildman–Crippen MR) is 99.2 cm³/mol. The Kier molecular flexibility index (Phi) is 7.06. The van der Waals surface area contributed by atoms with E-state index in [4.69, 9.17) is 9.47 Å². The van der Waals surface area contributed by atoms with Crippen LogP contribution in [0.3, 0.4) is 0 Å². The number of H-pyrrole nitrogens is 1. The molecule has 4 N–H and O–H groups in total. The maximum atomic E-state index is 12.0. The normalized spacial score (nSPS) is 12.0. The number of aromatic nitrogens is 1. The SMILES string of the molecule is Cc1cccc(OCCNCC(O)COc2c(C)[nH]c(C)c(O)c2=O)c1. The molecule has 1 unspecified atom stereocenters. The highest BCUT2D eigenvalue weighted by Gasteiger charge is 2.14. The largest absolute Gasteiger partial charge is 0.503 e. The highest BCUT2D eigenvalue weighted by molar-refractivity contribution is 5.38. The molecule has 7 heteroatoms. The summed E-state index contributed by atoms with van der Waals surface area (Å²) in [7, 11) is 0. The fraction of sp³-hybridized carbons (Fsp3) is 0.421. The number of nitrogens with one attached hydrogen (secondary N) is 2. The highest BCUT2D eigenvalue weighted by atomic mass is 16.5. The summed E-state index contributed by atoms with van der Waals surface area (Å²) in [6.07, 6.45) is -0.795. The van der Waals surface area contributed by atoms with Crippen molar-refractivity contribution in [2.45, 2.75) is 26.9 Å². The zero-order valence-electron chi connectivity index (χ0n) is 15.3. The quantitative estimate of drug-likeness (QED) is 0.503. The van der Waals surface area contributed by atoms with E-state index in [9.17, 15) is 15.0 Å². The van der Waals surface area contributed by atoms with Gasteiger partial charge in [0.25, 0.3) is 5.43 Å². The monoisotopic (exact) mass is 362 g/mol. The van der Waals surface area contributed by atoms with Gasteiger partial charge in [-0.2, -0.15) is 0 Å². The van der Waals surface area contributed by atoms with Gasteiger partial charge >= 0.3 is 0 Å². The molecular formula is C19H26N2O5. The fourth-order valence-corrected chi connectivity index (χ4v) is 2.47. The third kappa shape index (κ3) is 5.50. The summed E-state index contributed by atoms with van der Waals surface area (Å²) in [6, 6.07) is 7.79. The van der Waals surface area contributed by atoms with Gasteiger partial charge in [0, 0.05) is 13.1 Å². The van der Waals surface area contributed by atoms with Gasteiger partial charge in [0.2, 0.25) is 0 Å². The van der Waals surface area contributed by atoms with Gasteiger partial charge in [-0.25, -0.2) is 0 Å². The number of pyridine rings is 1. The number of hydrogen-bond donors (Lipinski definition) is 4. The molecule has 142 valence electrons. The molecule has 0 aliphatic carbocycles. The minimum atomic E-state index is -0.795. The van der Waals surface area contributed by atoms with Crippen molar-refractivity contribution in [3.05, 3.63) is 51.4 Å². The van der Waals surface area contributed by atoms with Gasteiger partial charge in [0.15, 0.2) is 11.5 Å². The van der Waals surface area contributed by atoms with Crippen molar-refractivity contribution in [2.75, 3.05) is 26.3 Å². The topological polar surface area (TPSA) is 104 Å². The lowest BCUT2D eigenvalue weighted by molar-refractivity contribution is 0.104. The summed E-state index contributed by atoms with van der Waals surface area (Å²) in [5.74, 6) is 0.464. The smallest absolute Gasteiger partial charge is 0.265 e. The minimum Gasteiger partial charge on any atom is -0.503 e. The van der Waals surface area contributed by atoms with Crippen LogP contribution in [0.4, 0.5) is 0 Å². The first-order valence-corrected chi connectivity index (χ1v) is 8.52. The number of hydrogen-bond acceptors (Lipinski definition) is 6. The Labute approximate surface area is 152 Å². The molecule has 0 bridgehead atoms. The Morgan fingerprint density at radius 1 is 1.19 bits per heavy atom. The first-order valence-electron chi connectivity index (χ1n) is 8.52. The second-order valence-electron chi connectivity index (χ2n) is 6.22. The lowest BCUT2D eigenvalue weighted by atomic mass is 10.2. The van der Waals surface area contributed by atoms with E-state index in [1.54, 1.807) is 13.8 Å². The summed E-state index contributed by atoms with van der Waals surface area (Å²) >= 11 is 0. The van der Waals surface area contributed by atoms with Crippen LogP contribution in [0.25, 0.3) is 0 Å². The van der Waals surface area contributed by atoms with E-state index in [0.29, 0.717) is 31.1 Å². The van der Waals surface area contributed by atoms with Gasteiger partial charge in [-0.1, -0.05) is 12.1 Å². The molecule has 26 heavy (non-hydrogen) atoms. The molecular weight excluding hydrogens is 336 g/mol. The number of benzene rings is 1. The summed E-state index contributed by atoms with van der Waals surface area (Å²) in [5.41, 5.74) is 1.45. The van der Waals surface area contributed by atoms with Gasteiger partial charge in [0.05, 0.1) is 11.4 Å². The maximum Gasteiger partial charge on any atom is 0.265 e. The third-order valence-corrected chi connectivity index (χ3v) is 3.83. The molecule has 0 radical (unpaired) electrons. The van der Waals surface area contributed by atoms with Gasteiger partial charge in [-0.3, -0.25) is 4.79 Å². The standard InChI is InChI=1S/C19H26N2O5/c1-12-5-4-6-16(9-12)25-8-7-20-10-15(22)11-26-19-14(3)21-13(2)17(23)18(19)24/h4-6,9,15,20,22-23H,7-8,10-11H2,1-3H3,(H,21,24). The zero-order valence-corrected chi connectivity index (χ0v) is 15.3. The van der Waals surface area contributed by atoms with Crippen molar-refractivity contribution in [3.8, 4) is 17.2 Å². The lowest BCUT2D eigenvalue weighted by Crippen LogP contribution is -2.34. The molecule has 0 spiro atoms. The molecule has 0 aliphatic rings. The van der Waals surface area contributed by atoms with E-state index < -0.39 is 11.5 Å². The number of aliphatic hydroxyl groups is 1. The molecule has 1 aromatic carbocycles. The van der Waals surface area contributed by atoms with Crippen LogP contribution in [-0.4, -0.2) is 47.6 Å². The Hall–Kier alpha value is -2.51. The average Bonchev–Trinajstić information content (AvgIpc) is 2.59.